The first-order valence-electron chi connectivity index (χ1n) is 5.62. The van der Waals surface area contributed by atoms with E-state index in [1.54, 1.807) is 24.2 Å². The van der Waals surface area contributed by atoms with Crippen molar-refractivity contribution in [2.24, 2.45) is 0 Å². The van der Waals surface area contributed by atoms with Gasteiger partial charge in [0.05, 0.1) is 4.88 Å². The van der Waals surface area contributed by atoms with Gasteiger partial charge in [-0.3, -0.25) is 9.89 Å². The number of nitrogens with zero attached hydrogens (tertiary/aromatic N) is 2. The van der Waals surface area contributed by atoms with Crippen LogP contribution < -0.4 is 0 Å². The molecule has 98 valence electrons. The number of hydrogen-bond acceptors (Lipinski definition) is 4. The highest BCUT2D eigenvalue weighted by Gasteiger charge is 2.13. The predicted octanol–water partition coefficient (Wildman–Crippen LogP) is 1.09. The predicted molar refractivity (Wildman–Crippen MR) is 72.7 cm³/mol. The van der Waals surface area contributed by atoms with Crippen molar-refractivity contribution in [3.63, 3.8) is 0 Å². The van der Waals surface area contributed by atoms with Gasteiger partial charge in [-0.05, 0) is 23.1 Å². The zero-order valence-corrected chi connectivity index (χ0v) is 11.2. The number of aliphatic hydroxyl groups is 1. The van der Waals surface area contributed by atoms with Crippen molar-refractivity contribution in [1.29, 1.82) is 0 Å². The molecule has 0 saturated carbocycles. The van der Waals surface area contributed by atoms with Gasteiger partial charge in [-0.15, -0.1) is 11.3 Å². The zero-order chi connectivity index (χ0) is 13.7. The Morgan fingerprint density at radius 3 is 3.16 bits per heavy atom. The van der Waals surface area contributed by atoms with Gasteiger partial charge in [0, 0.05) is 19.8 Å². The summed E-state index contributed by atoms with van der Waals surface area (Å²) in [5.41, 5.74) is 1.49. The molecule has 6 heteroatoms. The van der Waals surface area contributed by atoms with Crippen molar-refractivity contribution in [3.8, 4) is 11.8 Å². The Labute approximate surface area is 114 Å². The molecule has 1 amide bonds. The van der Waals surface area contributed by atoms with Gasteiger partial charge >= 0.3 is 0 Å². The second-order valence-electron chi connectivity index (χ2n) is 3.91. The molecule has 0 unspecified atom stereocenters. The number of rotatable bonds is 3. The summed E-state index contributed by atoms with van der Waals surface area (Å²) in [5, 5.41) is 17.0. The smallest absolute Gasteiger partial charge is 0.271 e. The molecule has 2 N–H and O–H groups in total. The molecule has 5 nitrogen and oxygen atoms in total. The van der Waals surface area contributed by atoms with Crippen LogP contribution in [0.5, 0.6) is 0 Å². The topological polar surface area (TPSA) is 69.2 Å². The number of carbonyl (C=O) groups is 1. The Balaban J connectivity index is 2.01. The zero-order valence-electron chi connectivity index (χ0n) is 10.4. The highest BCUT2D eigenvalue weighted by Crippen LogP contribution is 2.15. The molecule has 2 aromatic heterocycles. The second-order valence-corrected chi connectivity index (χ2v) is 4.82. The van der Waals surface area contributed by atoms with E-state index in [0.717, 1.165) is 10.4 Å². The third kappa shape index (κ3) is 3.44. The van der Waals surface area contributed by atoms with Crippen LogP contribution in [0.1, 0.15) is 20.9 Å². The van der Waals surface area contributed by atoms with E-state index >= 15 is 0 Å². The molecular weight excluding hydrogens is 262 g/mol. The van der Waals surface area contributed by atoms with Crippen molar-refractivity contribution >= 4 is 17.2 Å². The highest BCUT2D eigenvalue weighted by molar-refractivity contribution is 7.10. The van der Waals surface area contributed by atoms with Crippen LogP contribution in [0.2, 0.25) is 0 Å². The van der Waals surface area contributed by atoms with Gasteiger partial charge in [0.25, 0.3) is 5.91 Å². The average molecular weight is 275 g/mol. The van der Waals surface area contributed by atoms with Crippen LogP contribution in [0.25, 0.3) is 0 Å². The molecule has 2 aromatic rings. The van der Waals surface area contributed by atoms with Crippen LogP contribution in [-0.2, 0) is 6.54 Å². The summed E-state index contributed by atoms with van der Waals surface area (Å²) < 4.78 is 0. The number of thiophene rings is 1. The SMILES string of the molecule is CN(Cc1csc(C#CCO)c1)C(=O)c1ccn[nH]1. The van der Waals surface area contributed by atoms with Crippen LogP contribution >= 0.6 is 11.3 Å². The third-order valence-corrected chi connectivity index (χ3v) is 3.34. The van der Waals surface area contributed by atoms with Crippen LogP contribution in [-0.4, -0.2) is 39.8 Å². The number of carbonyl (C=O) groups excluding carboxylic acids is 1. The number of aromatic nitrogens is 2. The minimum absolute atomic E-state index is 0.105. The van der Waals surface area contributed by atoms with Gasteiger partial charge in [0.1, 0.15) is 12.3 Å². The van der Waals surface area contributed by atoms with Gasteiger partial charge in [-0.2, -0.15) is 5.10 Å². The largest absolute Gasteiger partial charge is 0.384 e. The molecule has 0 radical (unpaired) electrons. The first-order valence-corrected chi connectivity index (χ1v) is 6.50. The first-order chi connectivity index (χ1) is 9.20. The summed E-state index contributed by atoms with van der Waals surface area (Å²) in [5.74, 6) is 5.34. The Morgan fingerprint density at radius 1 is 1.63 bits per heavy atom. The summed E-state index contributed by atoms with van der Waals surface area (Å²) >= 11 is 1.50. The van der Waals surface area contributed by atoms with Gasteiger partial charge in [0.2, 0.25) is 0 Å². The maximum Gasteiger partial charge on any atom is 0.271 e. The minimum Gasteiger partial charge on any atom is -0.384 e. The molecule has 0 aliphatic carbocycles. The molecule has 0 fully saturated rings. The van der Waals surface area contributed by atoms with E-state index in [0.29, 0.717) is 12.2 Å². The lowest BCUT2D eigenvalue weighted by Gasteiger charge is -2.14. The Morgan fingerprint density at radius 2 is 2.47 bits per heavy atom. The van der Waals surface area contributed by atoms with Crippen molar-refractivity contribution in [3.05, 3.63) is 39.8 Å². The van der Waals surface area contributed by atoms with Crippen LogP contribution in [0.3, 0.4) is 0 Å². The van der Waals surface area contributed by atoms with Crippen molar-refractivity contribution in [1.82, 2.24) is 15.1 Å². The summed E-state index contributed by atoms with van der Waals surface area (Å²) in [7, 11) is 1.74. The van der Waals surface area contributed by atoms with Crippen LogP contribution in [0, 0.1) is 11.8 Å². The third-order valence-electron chi connectivity index (χ3n) is 2.44. The van der Waals surface area contributed by atoms with Gasteiger partial charge < -0.3 is 10.0 Å². The van der Waals surface area contributed by atoms with Gasteiger partial charge in [-0.25, -0.2) is 0 Å². The Kier molecular flexibility index (Phi) is 4.34. The van der Waals surface area contributed by atoms with Crippen molar-refractivity contribution in [2.45, 2.75) is 6.54 Å². The molecule has 0 atom stereocenters. The van der Waals surface area contributed by atoms with E-state index in [9.17, 15) is 4.79 Å². The number of hydrogen-bond donors (Lipinski definition) is 2. The van der Waals surface area contributed by atoms with E-state index in [-0.39, 0.29) is 12.5 Å². The lowest BCUT2D eigenvalue weighted by atomic mass is 10.2. The minimum atomic E-state index is -0.147. The molecule has 0 spiro atoms. The normalized spacial score (nSPS) is 9.79. The molecule has 2 heterocycles. The van der Waals surface area contributed by atoms with E-state index < -0.39 is 0 Å². The number of aromatic amines is 1. The molecule has 0 bridgehead atoms. The molecule has 0 aliphatic heterocycles. The standard InChI is InChI=1S/C13H13N3O2S/c1-16(13(18)12-4-5-14-15-12)8-10-7-11(19-9-10)3-2-6-17/h4-5,7,9,17H,6,8H2,1H3,(H,14,15). The molecule has 0 saturated heterocycles. The van der Waals surface area contributed by atoms with E-state index in [4.69, 9.17) is 5.11 Å². The summed E-state index contributed by atoms with van der Waals surface area (Å²) in [6.45, 7) is 0.362. The fourth-order valence-corrected chi connectivity index (χ4v) is 2.35. The second kappa shape index (κ2) is 6.18. The maximum absolute atomic E-state index is 12.0. The van der Waals surface area contributed by atoms with Crippen LogP contribution in [0.4, 0.5) is 0 Å². The lowest BCUT2D eigenvalue weighted by Crippen LogP contribution is -2.26. The fraction of sp³-hybridized carbons (Fsp3) is 0.231. The summed E-state index contributed by atoms with van der Waals surface area (Å²) in [6.07, 6.45) is 1.55. The van der Waals surface area contributed by atoms with E-state index in [1.165, 1.54) is 11.3 Å². The van der Waals surface area contributed by atoms with Crippen molar-refractivity contribution < 1.29 is 9.90 Å². The maximum atomic E-state index is 12.0. The quantitative estimate of drug-likeness (QED) is 0.824. The highest BCUT2D eigenvalue weighted by atomic mass is 32.1. The number of H-pyrrole nitrogens is 1. The van der Waals surface area contributed by atoms with E-state index in [2.05, 4.69) is 22.0 Å². The summed E-state index contributed by atoms with van der Waals surface area (Å²) in [4.78, 5) is 14.5. The van der Waals surface area contributed by atoms with Crippen LogP contribution in [0.15, 0.2) is 23.7 Å². The fourth-order valence-electron chi connectivity index (χ4n) is 1.58. The van der Waals surface area contributed by atoms with E-state index in [1.807, 2.05) is 11.4 Å². The van der Waals surface area contributed by atoms with Gasteiger partial charge in [-0.1, -0.05) is 11.8 Å². The van der Waals surface area contributed by atoms with Gasteiger partial charge in [0.15, 0.2) is 0 Å². The lowest BCUT2D eigenvalue weighted by molar-refractivity contribution is 0.0779. The molecule has 0 aliphatic rings. The summed E-state index contributed by atoms with van der Waals surface area (Å²) in [6, 6.07) is 3.56. The first kappa shape index (κ1) is 13.3. The molecule has 2 rings (SSSR count). The number of aliphatic hydroxyl groups excluding tert-OH is 1. The monoisotopic (exact) mass is 275 g/mol. The number of amides is 1. The van der Waals surface area contributed by atoms with Crippen molar-refractivity contribution in [2.75, 3.05) is 13.7 Å². The molecule has 0 aromatic carbocycles. The average Bonchev–Trinajstić information content (AvgIpc) is 3.06. The molecular formula is C13H13N3O2S. The molecule has 19 heavy (non-hydrogen) atoms. The Hall–Kier alpha value is -2.10. The number of nitrogens with one attached hydrogen (secondary N) is 1. The Bertz CT molecular complexity index is 607.